The molecule has 2 unspecified atom stereocenters. The minimum atomic E-state index is -0.506. The van der Waals surface area contributed by atoms with Gasteiger partial charge in [-0.25, -0.2) is 4.98 Å². The fraction of sp³-hybridized carbons (Fsp3) is 0.364. The highest BCUT2D eigenvalue weighted by atomic mass is 16.6. The molecule has 9 heteroatoms. The summed E-state index contributed by atoms with van der Waals surface area (Å²) in [5.41, 5.74) is 1.76. The fourth-order valence-electron chi connectivity index (χ4n) is 3.93. The van der Waals surface area contributed by atoms with Crippen LogP contribution in [0.5, 0.6) is 5.75 Å². The number of nitrogens with zero attached hydrogens (tertiary/aromatic N) is 3. The van der Waals surface area contributed by atoms with Gasteiger partial charge in [-0.05, 0) is 44.5 Å². The maximum absolute atomic E-state index is 12.9. The minimum absolute atomic E-state index is 0.101. The van der Waals surface area contributed by atoms with E-state index in [0.29, 0.717) is 18.2 Å². The van der Waals surface area contributed by atoms with Crippen LogP contribution < -0.4 is 10.1 Å². The molecule has 2 heterocycles. The van der Waals surface area contributed by atoms with Crippen LogP contribution in [0, 0.1) is 10.1 Å². The lowest BCUT2D eigenvalue weighted by Crippen LogP contribution is -2.46. The second-order valence-corrected chi connectivity index (χ2v) is 7.66. The summed E-state index contributed by atoms with van der Waals surface area (Å²) in [4.78, 5) is 30.2. The van der Waals surface area contributed by atoms with Crippen molar-refractivity contribution in [3.8, 4) is 5.75 Å². The number of anilines is 1. The topological polar surface area (TPSA) is 111 Å². The van der Waals surface area contributed by atoms with Gasteiger partial charge in [0.1, 0.15) is 11.3 Å². The Labute approximate surface area is 179 Å². The van der Waals surface area contributed by atoms with Crippen molar-refractivity contribution in [2.24, 2.45) is 0 Å². The summed E-state index contributed by atoms with van der Waals surface area (Å²) in [6.45, 7) is 3.25. The number of amides is 1. The van der Waals surface area contributed by atoms with Crippen molar-refractivity contribution >= 4 is 28.4 Å². The van der Waals surface area contributed by atoms with Crippen LogP contribution in [-0.2, 0) is 4.79 Å². The Hall–Kier alpha value is -3.46. The minimum Gasteiger partial charge on any atom is -0.495 e. The number of fused-ring (bicyclic) bond motifs is 1. The summed E-state index contributed by atoms with van der Waals surface area (Å²) in [5, 5.41) is 13.9. The third-order valence-corrected chi connectivity index (χ3v) is 5.69. The lowest BCUT2D eigenvalue weighted by atomic mass is 9.96. The number of benzene rings is 2. The first kappa shape index (κ1) is 20.8. The van der Waals surface area contributed by atoms with Crippen LogP contribution in [-0.4, -0.2) is 47.0 Å². The molecule has 0 aliphatic carbocycles. The van der Waals surface area contributed by atoms with E-state index in [9.17, 15) is 14.9 Å². The van der Waals surface area contributed by atoms with Gasteiger partial charge in [-0.3, -0.25) is 19.8 Å². The highest BCUT2D eigenvalue weighted by Gasteiger charge is 2.31. The predicted octanol–water partition coefficient (Wildman–Crippen LogP) is 3.95. The normalized spacial score (nSPS) is 17.9. The highest BCUT2D eigenvalue weighted by molar-refractivity contribution is 5.96. The van der Waals surface area contributed by atoms with Gasteiger partial charge in [-0.2, -0.15) is 0 Å². The predicted molar refractivity (Wildman–Crippen MR) is 115 cm³/mol. The Morgan fingerprint density at radius 3 is 2.90 bits per heavy atom. The summed E-state index contributed by atoms with van der Waals surface area (Å²) in [5.74, 6) is 0.911. The molecule has 9 nitrogen and oxygen atoms in total. The van der Waals surface area contributed by atoms with E-state index in [1.165, 1.54) is 25.3 Å². The summed E-state index contributed by atoms with van der Waals surface area (Å²) in [7, 11) is 1.45. The van der Waals surface area contributed by atoms with E-state index in [2.05, 4.69) is 15.2 Å². The number of ether oxygens (including phenoxy) is 1. The zero-order valence-electron chi connectivity index (χ0n) is 17.4. The average molecular weight is 424 g/mol. The van der Waals surface area contributed by atoms with Crippen molar-refractivity contribution in [2.45, 2.75) is 31.7 Å². The zero-order chi connectivity index (χ0) is 22.0. The smallest absolute Gasteiger partial charge is 0.271 e. The van der Waals surface area contributed by atoms with Gasteiger partial charge in [0.05, 0.1) is 23.8 Å². The van der Waals surface area contributed by atoms with Gasteiger partial charge in [0.2, 0.25) is 5.91 Å². The van der Waals surface area contributed by atoms with Crippen LogP contribution in [0.4, 0.5) is 11.4 Å². The Kier molecular flexibility index (Phi) is 5.85. The highest BCUT2D eigenvalue weighted by Crippen LogP contribution is 2.31. The van der Waals surface area contributed by atoms with Gasteiger partial charge in [0.25, 0.3) is 5.69 Å². The van der Waals surface area contributed by atoms with Crippen LogP contribution >= 0.6 is 0 Å². The number of nitro benzene ring substituents is 1. The number of rotatable bonds is 6. The number of likely N-dealkylation sites (tertiary alicyclic amines) is 1. The molecule has 4 rings (SSSR count). The van der Waals surface area contributed by atoms with Crippen molar-refractivity contribution in [1.29, 1.82) is 0 Å². The van der Waals surface area contributed by atoms with Gasteiger partial charge in [-0.1, -0.05) is 12.1 Å². The molecule has 2 atom stereocenters. The molecule has 0 bridgehead atoms. The molecule has 2 aromatic carbocycles. The van der Waals surface area contributed by atoms with Crippen molar-refractivity contribution in [3.05, 3.63) is 58.5 Å². The van der Waals surface area contributed by atoms with Gasteiger partial charge >= 0.3 is 0 Å². The number of nitro groups is 1. The number of non-ortho nitro benzene ring substituents is 1. The second-order valence-electron chi connectivity index (χ2n) is 7.66. The molecule has 1 fully saturated rings. The van der Waals surface area contributed by atoms with Crippen molar-refractivity contribution in [1.82, 2.24) is 9.88 Å². The van der Waals surface area contributed by atoms with Crippen molar-refractivity contribution in [3.63, 3.8) is 0 Å². The molecule has 1 saturated heterocycles. The van der Waals surface area contributed by atoms with Crippen molar-refractivity contribution in [2.75, 3.05) is 25.5 Å². The molecule has 1 aromatic heterocycles. The number of oxazole rings is 1. The summed E-state index contributed by atoms with van der Waals surface area (Å²) in [6.07, 6.45) is 1.86. The molecule has 3 aromatic rings. The maximum Gasteiger partial charge on any atom is 0.271 e. The van der Waals surface area contributed by atoms with E-state index in [0.717, 1.165) is 30.5 Å². The molecule has 1 amide bonds. The molecule has 0 radical (unpaired) electrons. The van der Waals surface area contributed by atoms with E-state index >= 15 is 0 Å². The van der Waals surface area contributed by atoms with Crippen LogP contribution in [0.25, 0.3) is 11.1 Å². The lowest BCUT2D eigenvalue weighted by Gasteiger charge is -2.34. The average Bonchev–Trinajstić information content (AvgIpc) is 3.23. The number of carbonyl (C=O) groups is 1. The molecular formula is C22H24N4O5. The number of hydrogen-bond acceptors (Lipinski definition) is 7. The number of piperidine rings is 1. The van der Waals surface area contributed by atoms with Crippen molar-refractivity contribution < 1.29 is 18.9 Å². The number of methoxy groups -OCH3 is 1. The standard InChI is InChI=1S/C22H24N4O5/c1-14(21(27)23-18-12-16(26(28)29)9-10-19(18)30-2)25-11-5-6-15(13-25)22-24-17-7-3-4-8-20(17)31-22/h3-4,7-10,12,14-15H,5-6,11,13H2,1-2H3,(H,23,27). The summed E-state index contributed by atoms with van der Waals surface area (Å²) in [6, 6.07) is 11.4. The third kappa shape index (κ3) is 4.36. The van der Waals surface area contributed by atoms with Gasteiger partial charge in [0.15, 0.2) is 11.5 Å². The first-order chi connectivity index (χ1) is 15.0. The fourth-order valence-corrected chi connectivity index (χ4v) is 3.93. The molecule has 0 saturated carbocycles. The van der Waals surface area contributed by atoms with E-state index in [4.69, 9.17) is 9.15 Å². The van der Waals surface area contributed by atoms with E-state index in [-0.39, 0.29) is 23.2 Å². The van der Waals surface area contributed by atoms with Crippen LogP contribution in [0.2, 0.25) is 0 Å². The quantitative estimate of drug-likeness (QED) is 0.471. The number of nitrogens with one attached hydrogen (secondary N) is 1. The van der Waals surface area contributed by atoms with Gasteiger partial charge < -0.3 is 14.5 Å². The van der Waals surface area contributed by atoms with Gasteiger partial charge in [0, 0.05) is 24.6 Å². The first-order valence-electron chi connectivity index (χ1n) is 10.2. The SMILES string of the molecule is COc1ccc([N+](=O)[O-])cc1NC(=O)C(C)N1CCCC(c2nc3ccccc3o2)C1. The van der Waals surface area contributed by atoms with Crippen LogP contribution in [0.15, 0.2) is 46.9 Å². The molecule has 31 heavy (non-hydrogen) atoms. The largest absolute Gasteiger partial charge is 0.495 e. The molecule has 0 spiro atoms. The number of carbonyl (C=O) groups excluding carboxylic acids is 1. The second kappa shape index (κ2) is 8.73. The Bertz CT molecular complexity index is 1080. The molecular weight excluding hydrogens is 400 g/mol. The summed E-state index contributed by atoms with van der Waals surface area (Å²) >= 11 is 0. The van der Waals surface area contributed by atoms with Gasteiger partial charge in [-0.15, -0.1) is 0 Å². The Morgan fingerprint density at radius 1 is 1.35 bits per heavy atom. The molecule has 162 valence electrons. The summed E-state index contributed by atoms with van der Waals surface area (Å²) < 4.78 is 11.2. The zero-order valence-corrected chi connectivity index (χ0v) is 17.4. The number of hydrogen-bond donors (Lipinski definition) is 1. The van der Waals surface area contributed by atoms with Crippen LogP contribution in [0.3, 0.4) is 0 Å². The van der Waals surface area contributed by atoms with E-state index < -0.39 is 11.0 Å². The maximum atomic E-state index is 12.9. The lowest BCUT2D eigenvalue weighted by molar-refractivity contribution is -0.384. The number of para-hydroxylation sites is 2. The Morgan fingerprint density at radius 2 is 2.16 bits per heavy atom. The molecule has 1 aliphatic rings. The first-order valence-corrected chi connectivity index (χ1v) is 10.2. The monoisotopic (exact) mass is 424 g/mol. The molecule has 1 aliphatic heterocycles. The number of aromatic nitrogens is 1. The third-order valence-electron chi connectivity index (χ3n) is 5.69. The van der Waals surface area contributed by atoms with Crippen LogP contribution in [0.1, 0.15) is 31.6 Å². The van der Waals surface area contributed by atoms with E-state index in [1.807, 2.05) is 31.2 Å². The Balaban J connectivity index is 1.47. The molecule has 1 N–H and O–H groups in total. The van der Waals surface area contributed by atoms with E-state index in [1.54, 1.807) is 0 Å².